The highest BCUT2D eigenvalue weighted by Gasteiger charge is 2.07. The predicted molar refractivity (Wildman–Crippen MR) is 83.8 cm³/mol. The fraction of sp³-hybridized carbons (Fsp3) is 0.250. The number of nitrogens with zero attached hydrogens (tertiary/aromatic N) is 4. The molecule has 0 unspecified atom stereocenters. The van der Waals surface area contributed by atoms with Crippen LogP contribution in [0, 0.1) is 0 Å². The van der Waals surface area contributed by atoms with Gasteiger partial charge in [0, 0.05) is 24.5 Å². The summed E-state index contributed by atoms with van der Waals surface area (Å²) in [5.74, 6) is 0. The van der Waals surface area contributed by atoms with E-state index in [0.29, 0.717) is 6.54 Å². The topological polar surface area (TPSA) is 61.7 Å². The van der Waals surface area contributed by atoms with Crippen molar-refractivity contribution in [2.24, 2.45) is 7.05 Å². The van der Waals surface area contributed by atoms with Gasteiger partial charge in [-0.15, -0.1) is 0 Å². The summed E-state index contributed by atoms with van der Waals surface area (Å²) < 4.78 is 3.84. The van der Waals surface area contributed by atoms with Gasteiger partial charge in [0.05, 0.1) is 24.1 Å². The van der Waals surface area contributed by atoms with Crippen LogP contribution in [0.4, 0.5) is 5.69 Å². The monoisotopic (exact) mass is 281 g/mol. The highest BCUT2D eigenvalue weighted by Crippen LogP contribution is 2.21. The molecule has 0 fully saturated rings. The van der Waals surface area contributed by atoms with Crippen LogP contribution < -0.4 is 5.73 Å². The number of benzene rings is 1. The summed E-state index contributed by atoms with van der Waals surface area (Å²) in [7, 11) is 1.97. The minimum absolute atomic E-state index is 0.714. The Kier molecular flexibility index (Phi) is 3.48. The molecule has 0 bridgehead atoms. The van der Waals surface area contributed by atoms with Crippen LogP contribution >= 0.6 is 0 Å². The molecule has 21 heavy (non-hydrogen) atoms. The predicted octanol–water partition coefficient (Wildman–Crippen LogP) is 2.48. The summed E-state index contributed by atoms with van der Waals surface area (Å²) in [5.41, 5.74) is 11.0. The Hall–Kier alpha value is -2.56. The van der Waals surface area contributed by atoms with E-state index < -0.39 is 0 Å². The first-order valence-electron chi connectivity index (χ1n) is 7.06. The van der Waals surface area contributed by atoms with Crippen molar-refractivity contribution >= 4 is 5.69 Å². The van der Waals surface area contributed by atoms with Crippen molar-refractivity contribution in [3.05, 3.63) is 54.1 Å². The standard InChI is InChI=1S/C16H19N5/c1-3-15-8-16(20(2)19-15)11-21-10-13(9-18-21)12-5-4-6-14(17)7-12/h4-10H,3,11,17H2,1-2H3. The summed E-state index contributed by atoms with van der Waals surface area (Å²) in [6.07, 6.45) is 4.85. The Balaban J connectivity index is 1.83. The number of anilines is 1. The Morgan fingerprint density at radius 3 is 2.76 bits per heavy atom. The molecule has 0 saturated heterocycles. The second-order valence-corrected chi connectivity index (χ2v) is 5.16. The van der Waals surface area contributed by atoms with Crippen molar-refractivity contribution in [2.75, 3.05) is 5.73 Å². The van der Waals surface area contributed by atoms with Gasteiger partial charge in [-0.25, -0.2) is 0 Å². The Labute approximate surface area is 124 Å². The fourth-order valence-electron chi connectivity index (χ4n) is 2.38. The van der Waals surface area contributed by atoms with Crippen LogP contribution in [0.2, 0.25) is 0 Å². The van der Waals surface area contributed by atoms with Gasteiger partial charge in [0.1, 0.15) is 0 Å². The first-order chi connectivity index (χ1) is 10.2. The molecule has 5 nitrogen and oxygen atoms in total. The molecule has 0 aliphatic rings. The van der Waals surface area contributed by atoms with Gasteiger partial charge in [0.2, 0.25) is 0 Å². The molecule has 3 aromatic rings. The lowest BCUT2D eigenvalue weighted by molar-refractivity contribution is 0.618. The van der Waals surface area contributed by atoms with E-state index in [-0.39, 0.29) is 0 Å². The molecule has 2 heterocycles. The van der Waals surface area contributed by atoms with Gasteiger partial charge < -0.3 is 5.73 Å². The van der Waals surface area contributed by atoms with E-state index in [9.17, 15) is 0 Å². The number of nitrogen functional groups attached to an aromatic ring is 1. The van der Waals surface area contributed by atoms with Crippen LogP contribution in [0.1, 0.15) is 18.3 Å². The molecule has 108 valence electrons. The molecule has 0 spiro atoms. The number of aromatic nitrogens is 4. The number of hydrogen-bond acceptors (Lipinski definition) is 3. The van der Waals surface area contributed by atoms with Gasteiger partial charge in [0.25, 0.3) is 0 Å². The third kappa shape index (κ3) is 2.81. The van der Waals surface area contributed by atoms with Crippen molar-refractivity contribution < 1.29 is 0 Å². The zero-order chi connectivity index (χ0) is 14.8. The van der Waals surface area contributed by atoms with Crippen molar-refractivity contribution in [1.29, 1.82) is 0 Å². The summed E-state index contributed by atoms with van der Waals surface area (Å²) in [6, 6.07) is 9.96. The quantitative estimate of drug-likeness (QED) is 0.747. The molecule has 0 aliphatic carbocycles. The van der Waals surface area contributed by atoms with Crippen LogP contribution in [0.15, 0.2) is 42.7 Å². The first-order valence-corrected chi connectivity index (χ1v) is 7.06. The fourth-order valence-corrected chi connectivity index (χ4v) is 2.38. The molecule has 0 atom stereocenters. The molecule has 0 radical (unpaired) electrons. The maximum atomic E-state index is 5.83. The van der Waals surface area contributed by atoms with Crippen LogP contribution in [0.25, 0.3) is 11.1 Å². The maximum Gasteiger partial charge on any atom is 0.0828 e. The van der Waals surface area contributed by atoms with E-state index in [1.807, 2.05) is 53.1 Å². The summed E-state index contributed by atoms with van der Waals surface area (Å²) >= 11 is 0. The van der Waals surface area contributed by atoms with Crippen LogP contribution in [-0.4, -0.2) is 19.6 Å². The van der Waals surface area contributed by atoms with Gasteiger partial charge in [-0.3, -0.25) is 9.36 Å². The number of nitrogens with two attached hydrogens (primary N) is 1. The van der Waals surface area contributed by atoms with Gasteiger partial charge >= 0.3 is 0 Å². The number of hydrogen-bond donors (Lipinski definition) is 1. The molecule has 2 N–H and O–H groups in total. The number of rotatable bonds is 4. The van der Waals surface area contributed by atoms with Crippen molar-refractivity contribution in [3.8, 4) is 11.1 Å². The Bertz CT molecular complexity index is 754. The van der Waals surface area contributed by atoms with Crippen LogP contribution in [-0.2, 0) is 20.0 Å². The summed E-state index contributed by atoms with van der Waals surface area (Å²) in [5, 5.41) is 8.89. The normalized spacial score (nSPS) is 11.0. The maximum absolute atomic E-state index is 5.83. The molecular formula is C16H19N5. The van der Waals surface area contributed by atoms with Gasteiger partial charge in [-0.1, -0.05) is 19.1 Å². The highest BCUT2D eigenvalue weighted by atomic mass is 15.3. The third-order valence-corrected chi connectivity index (χ3v) is 3.57. The second kappa shape index (κ2) is 5.44. The van der Waals surface area contributed by atoms with Gasteiger partial charge in [0.15, 0.2) is 0 Å². The minimum atomic E-state index is 0.714. The van der Waals surface area contributed by atoms with E-state index in [1.165, 1.54) is 0 Å². The van der Waals surface area contributed by atoms with Gasteiger partial charge in [-0.2, -0.15) is 10.2 Å². The first kappa shape index (κ1) is 13.4. The molecule has 0 aliphatic heterocycles. The SMILES string of the molecule is CCc1cc(Cn2cc(-c3cccc(N)c3)cn2)n(C)n1. The van der Waals surface area contributed by atoms with E-state index in [2.05, 4.69) is 23.2 Å². The third-order valence-electron chi connectivity index (χ3n) is 3.57. The molecule has 5 heteroatoms. The smallest absolute Gasteiger partial charge is 0.0828 e. The van der Waals surface area contributed by atoms with E-state index in [1.54, 1.807) is 0 Å². The Morgan fingerprint density at radius 2 is 2.05 bits per heavy atom. The van der Waals surface area contributed by atoms with Crippen LogP contribution in [0.5, 0.6) is 0 Å². The van der Waals surface area contributed by atoms with E-state index in [0.717, 1.165) is 34.6 Å². The molecular weight excluding hydrogens is 262 g/mol. The zero-order valence-corrected chi connectivity index (χ0v) is 12.3. The largest absolute Gasteiger partial charge is 0.399 e. The highest BCUT2D eigenvalue weighted by molar-refractivity contribution is 5.65. The van der Waals surface area contributed by atoms with E-state index in [4.69, 9.17) is 5.73 Å². The second-order valence-electron chi connectivity index (χ2n) is 5.16. The lowest BCUT2D eigenvalue weighted by Gasteiger charge is -2.02. The summed E-state index contributed by atoms with van der Waals surface area (Å²) in [4.78, 5) is 0. The lowest BCUT2D eigenvalue weighted by atomic mass is 10.1. The minimum Gasteiger partial charge on any atom is -0.399 e. The lowest BCUT2D eigenvalue weighted by Crippen LogP contribution is -2.05. The number of aryl methyl sites for hydroxylation is 2. The van der Waals surface area contributed by atoms with Crippen molar-refractivity contribution in [2.45, 2.75) is 19.9 Å². The van der Waals surface area contributed by atoms with Crippen molar-refractivity contribution in [3.63, 3.8) is 0 Å². The van der Waals surface area contributed by atoms with Crippen molar-refractivity contribution in [1.82, 2.24) is 19.6 Å². The van der Waals surface area contributed by atoms with E-state index >= 15 is 0 Å². The van der Waals surface area contributed by atoms with Gasteiger partial charge in [-0.05, 0) is 30.2 Å². The van der Waals surface area contributed by atoms with Crippen LogP contribution in [0.3, 0.4) is 0 Å². The molecule has 1 aromatic carbocycles. The summed E-state index contributed by atoms with van der Waals surface area (Å²) in [6.45, 7) is 2.82. The molecule has 0 saturated carbocycles. The molecule has 2 aromatic heterocycles. The Morgan fingerprint density at radius 1 is 1.19 bits per heavy atom. The zero-order valence-electron chi connectivity index (χ0n) is 12.3. The molecule has 3 rings (SSSR count). The average molecular weight is 281 g/mol. The molecule has 0 amide bonds. The average Bonchev–Trinajstić information content (AvgIpc) is 3.07.